The standard InChI is InChI=1S/C56H32N6/c57-33-35-27-55(61-49-25-13-9-21-41(49)45-29-43-39-19-7-11-23-47(39)59(51(43)31-53(45)61)37-15-3-1-4-16-37)56(28-36(35)34-58)62-50-26-14-10-22-42(50)46-30-44-40-20-8-12-24-48(40)60(52(44)32-54(46)62)38-17-5-2-6-18-38/h1-32H. The zero-order valence-electron chi connectivity index (χ0n) is 33.2. The molecule has 0 aliphatic rings. The molecule has 0 aliphatic carbocycles. The van der Waals surface area contributed by atoms with Gasteiger partial charge in [-0.25, -0.2) is 0 Å². The Balaban J connectivity index is 1.20. The van der Waals surface area contributed by atoms with Gasteiger partial charge < -0.3 is 18.3 Å². The largest absolute Gasteiger partial charge is 0.309 e. The van der Waals surface area contributed by atoms with Crippen LogP contribution in [0.15, 0.2) is 194 Å². The molecule has 6 nitrogen and oxygen atoms in total. The maximum Gasteiger partial charge on any atom is 0.101 e. The van der Waals surface area contributed by atoms with Crippen molar-refractivity contribution < 1.29 is 0 Å². The van der Waals surface area contributed by atoms with Gasteiger partial charge in [0, 0.05) is 54.5 Å². The Labute approximate surface area is 354 Å². The van der Waals surface area contributed by atoms with Crippen molar-refractivity contribution in [1.82, 2.24) is 18.3 Å². The average Bonchev–Trinajstić information content (AvgIpc) is 4.04. The Bertz CT molecular complexity index is 3840. The van der Waals surface area contributed by atoms with Gasteiger partial charge in [-0.1, -0.05) is 109 Å². The maximum absolute atomic E-state index is 10.7. The number of nitrogens with zero attached hydrogens (tertiary/aromatic N) is 6. The fraction of sp³-hybridized carbons (Fsp3) is 0. The second-order valence-corrected chi connectivity index (χ2v) is 16.0. The maximum atomic E-state index is 10.7. The third-order valence-electron chi connectivity index (χ3n) is 12.8. The molecule has 4 aromatic heterocycles. The van der Waals surface area contributed by atoms with Crippen LogP contribution in [-0.4, -0.2) is 18.3 Å². The predicted molar refractivity (Wildman–Crippen MR) is 253 cm³/mol. The predicted octanol–water partition coefficient (Wildman–Crippen LogP) is 13.8. The first-order chi connectivity index (χ1) is 30.7. The number of hydrogen-bond donors (Lipinski definition) is 0. The molecule has 0 bridgehead atoms. The first-order valence-corrected chi connectivity index (χ1v) is 20.7. The topological polar surface area (TPSA) is 67.3 Å². The first kappa shape index (κ1) is 34.1. The van der Waals surface area contributed by atoms with E-state index >= 15 is 0 Å². The molecule has 9 aromatic carbocycles. The molecule has 13 rings (SSSR count). The number of aromatic nitrogens is 4. The van der Waals surface area contributed by atoms with E-state index in [9.17, 15) is 10.5 Å². The van der Waals surface area contributed by atoms with Gasteiger partial charge in [-0.15, -0.1) is 0 Å². The fourth-order valence-electron chi connectivity index (χ4n) is 10.2. The molecule has 0 N–H and O–H groups in total. The van der Waals surface area contributed by atoms with Gasteiger partial charge in [-0.2, -0.15) is 10.5 Å². The third-order valence-corrected chi connectivity index (χ3v) is 12.8. The van der Waals surface area contributed by atoms with Gasteiger partial charge in [-0.05, 0) is 84.9 Å². The quantitative estimate of drug-likeness (QED) is 0.178. The molecule has 0 saturated carbocycles. The molecular formula is C56H32N6. The molecule has 0 radical (unpaired) electrons. The minimum atomic E-state index is 0.323. The summed E-state index contributed by atoms with van der Waals surface area (Å²) in [5.74, 6) is 0. The fourth-order valence-corrected chi connectivity index (χ4v) is 10.2. The molecule has 6 heteroatoms. The van der Waals surface area contributed by atoms with Gasteiger partial charge >= 0.3 is 0 Å². The summed E-state index contributed by atoms with van der Waals surface area (Å²) in [6.45, 7) is 0. The second kappa shape index (κ2) is 12.8. The van der Waals surface area contributed by atoms with Crippen LogP contribution in [0.5, 0.6) is 0 Å². The molecule has 0 atom stereocenters. The number of nitriles is 2. The molecule has 13 aromatic rings. The second-order valence-electron chi connectivity index (χ2n) is 16.0. The van der Waals surface area contributed by atoms with Crippen LogP contribution in [0.3, 0.4) is 0 Å². The lowest BCUT2D eigenvalue weighted by Gasteiger charge is -2.18. The highest BCUT2D eigenvalue weighted by molar-refractivity contribution is 6.21. The third kappa shape index (κ3) is 4.61. The van der Waals surface area contributed by atoms with Crippen molar-refractivity contribution in [2.24, 2.45) is 0 Å². The van der Waals surface area contributed by atoms with Crippen molar-refractivity contribution in [3.63, 3.8) is 0 Å². The summed E-state index contributed by atoms with van der Waals surface area (Å²) in [5, 5.41) is 30.4. The van der Waals surface area contributed by atoms with E-state index in [1.807, 2.05) is 24.3 Å². The van der Waals surface area contributed by atoms with Crippen LogP contribution < -0.4 is 0 Å². The van der Waals surface area contributed by atoms with Crippen molar-refractivity contribution in [3.05, 3.63) is 205 Å². The summed E-state index contributed by atoms with van der Waals surface area (Å²) < 4.78 is 9.29. The van der Waals surface area contributed by atoms with Crippen LogP contribution in [0.25, 0.3) is 110 Å². The highest BCUT2D eigenvalue weighted by atomic mass is 15.1. The Morgan fingerprint density at radius 3 is 0.887 bits per heavy atom. The minimum Gasteiger partial charge on any atom is -0.309 e. The summed E-state index contributed by atoms with van der Waals surface area (Å²) in [6, 6.07) is 73.1. The van der Waals surface area contributed by atoms with Crippen molar-refractivity contribution in [1.29, 1.82) is 10.5 Å². The number of para-hydroxylation sites is 6. The lowest BCUT2D eigenvalue weighted by atomic mass is 10.1. The van der Waals surface area contributed by atoms with Crippen LogP contribution in [0, 0.1) is 22.7 Å². The molecule has 4 heterocycles. The van der Waals surface area contributed by atoms with Gasteiger partial charge in [0.05, 0.1) is 66.6 Å². The lowest BCUT2D eigenvalue weighted by molar-refractivity contribution is 1.09. The normalized spacial score (nSPS) is 11.8. The Hall–Kier alpha value is -8.84. The molecule has 62 heavy (non-hydrogen) atoms. The number of benzene rings is 9. The van der Waals surface area contributed by atoms with E-state index in [-0.39, 0.29) is 0 Å². The highest BCUT2D eigenvalue weighted by Crippen LogP contribution is 2.44. The monoisotopic (exact) mass is 788 g/mol. The van der Waals surface area contributed by atoms with Crippen LogP contribution in [-0.2, 0) is 0 Å². The highest BCUT2D eigenvalue weighted by Gasteiger charge is 2.25. The Morgan fingerprint density at radius 1 is 0.258 bits per heavy atom. The van der Waals surface area contributed by atoms with E-state index in [1.54, 1.807) is 0 Å². The lowest BCUT2D eigenvalue weighted by Crippen LogP contribution is -2.06. The summed E-state index contributed by atoms with van der Waals surface area (Å²) in [5.41, 5.74) is 12.9. The molecule has 0 aliphatic heterocycles. The molecule has 0 amide bonds. The van der Waals surface area contributed by atoms with Crippen molar-refractivity contribution in [2.45, 2.75) is 0 Å². The van der Waals surface area contributed by atoms with Gasteiger partial charge in [0.15, 0.2) is 0 Å². The van der Waals surface area contributed by atoms with Crippen LogP contribution in [0.1, 0.15) is 11.1 Å². The van der Waals surface area contributed by atoms with E-state index in [0.29, 0.717) is 11.1 Å². The molecule has 0 fully saturated rings. The van der Waals surface area contributed by atoms with E-state index < -0.39 is 0 Å². The van der Waals surface area contributed by atoms with Crippen LogP contribution in [0.4, 0.5) is 0 Å². The van der Waals surface area contributed by atoms with Gasteiger partial charge in [0.2, 0.25) is 0 Å². The first-order valence-electron chi connectivity index (χ1n) is 20.7. The molecular weight excluding hydrogens is 757 g/mol. The minimum absolute atomic E-state index is 0.323. The van der Waals surface area contributed by atoms with Gasteiger partial charge in [-0.3, -0.25) is 0 Å². The van der Waals surface area contributed by atoms with E-state index in [4.69, 9.17) is 0 Å². The SMILES string of the molecule is N#Cc1cc(-n2c3ccccc3c3cc4c5ccccc5n(-c5ccccc5)c4cc32)c(-n2c3ccccc3c3cc4c5ccccc5n(-c5ccccc5)c4cc32)cc1C#N. The number of fused-ring (bicyclic) bond motifs is 12. The van der Waals surface area contributed by atoms with Crippen molar-refractivity contribution >= 4 is 87.2 Å². The summed E-state index contributed by atoms with van der Waals surface area (Å²) in [4.78, 5) is 0. The summed E-state index contributed by atoms with van der Waals surface area (Å²) in [6.07, 6.45) is 0. The van der Waals surface area contributed by atoms with Gasteiger partial charge in [0.1, 0.15) is 12.1 Å². The molecule has 286 valence electrons. The number of hydrogen-bond acceptors (Lipinski definition) is 2. The van der Waals surface area contributed by atoms with E-state index in [2.05, 4.69) is 200 Å². The Morgan fingerprint density at radius 2 is 0.548 bits per heavy atom. The van der Waals surface area contributed by atoms with Crippen LogP contribution in [0.2, 0.25) is 0 Å². The average molecular weight is 789 g/mol. The van der Waals surface area contributed by atoms with E-state index in [1.165, 1.54) is 10.8 Å². The van der Waals surface area contributed by atoms with Crippen molar-refractivity contribution in [3.8, 4) is 34.9 Å². The summed E-state index contributed by atoms with van der Waals surface area (Å²) >= 11 is 0. The number of rotatable bonds is 4. The van der Waals surface area contributed by atoms with Crippen molar-refractivity contribution in [2.75, 3.05) is 0 Å². The zero-order chi connectivity index (χ0) is 41.1. The molecule has 0 spiro atoms. The smallest absolute Gasteiger partial charge is 0.101 e. The molecule has 0 saturated heterocycles. The van der Waals surface area contributed by atoms with E-state index in [0.717, 1.165) is 99.2 Å². The Kier molecular flexibility index (Phi) is 7.05. The van der Waals surface area contributed by atoms with Crippen LogP contribution >= 0.6 is 0 Å². The van der Waals surface area contributed by atoms with Gasteiger partial charge in [0.25, 0.3) is 0 Å². The summed E-state index contributed by atoms with van der Waals surface area (Å²) in [7, 11) is 0. The zero-order valence-corrected chi connectivity index (χ0v) is 33.2. The molecule has 0 unspecified atom stereocenters.